The first kappa shape index (κ1) is 20.5. The van der Waals surface area contributed by atoms with Crippen molar-refractivity contribution >= 4 is 14.3 Å². The van der Waals surface area contributed by atoms with Crippen LogP contribution in [-0.2, 0) is 20.4 Å². The van der Waals surface area contributed by atoms with Crippen molar-refractivity contribution in [3.8, 4) is 0 Å². The highest BCUT2D eigenvalue weighted by Crippen LogP contribution is 2.42. The molecule has 1 aromatic rings. The van der Waals surface area contributed by atoms with Crippen LogP contribution in [0.1, 0.15) is 44.7 Å². The van der Waals surface area contributed by atoms with E-state index in [1.54, 1.807) is 0 Å². The number of hydrogen-bond acceptors (Lipinski definition) is 3. The summed E-state index contributed by atoms with van der Waals surface area (Å²) in [6.07, 6.45) is 6.95. The molecule has 0 radical (unpaired) electrons. The first-order chi connectivity index (χ1) is 12.1. The SMILES string of the molecule is COC(=O)/C=C(\O[Si](C)(C)C(C)(C)C)[C@@H](C)[C@@H]1C=CCc2ccccc21. The van der Waals surface area contributed by atoms with Crippen LogP contribution in [-0.4, -0.2) is 21.4 Å². The van der Waals surface area contributed by atoms with Crippen molar-refractivity contribution in [2.75, 3.05) is 7.11 Å². The molecule has 1 aromatic carbocycles. The van der Waals surface area contributed by atoms with Crippen LogP contribution in [0.4, 0.5) is 0 Å². The van der Waals surface area contributed by atoms with Crippen LogP contribution >= 0.6 is 0 Å². The Labute approximate surface area is 159 Å². The molecule has 0 aliphatic heterocycles. The Morgan fingerprint density at radius 3 is 2.54 bits per heavy atom. The van der Waals surface area contributed by atoms with Crippen molar-refractivity contribution in [2.45, 2.75) is 58.2 Å². The monoisotopic (exact) mass is 372 g/mol. The van der Waals surface area contributed by atoms with Gasteiger partial charge >= 0.3 is 5.97 Å². The zero-order chi connectivity index (χ0) is 19.5. The van der Waals surface area contributed by atoms with Gasteiger partial charge in [0.2, 0.25) is 8.32 Å². The molecule has 0 unspecified atom stereocenters. The summed E-state index contributed by atoms with van der Waals surface area (Å²) in [5, 5.41) is 0.0578. The molecule has 0 amide bonds. The average Bonchev–Trinajstić information content (AvgIpc) is 2.58. The van der Waals surface area contributed by atoms with Crippen molar-refractivity contribution in [1.29, 1.82) is 0 Å². The lowest BCUT2D eigenvalue weighted by Gasteiger charge is -2.39. The minimum atomic E-state index is -2.07. The van der Waals surface area contributed by atoms with E-state index in [2.05, 4.69) is 77.2 Å². The van der Waals surface area contributed by atoms with Crippen LogP contribution in [0.15, 0.2) is 48.3 Å². The Morgan fingerprint density at radius 2 is 1.92 bits per heavy atom. The Kier molecular flexibility index (Phi) is 6.17. The summed E-state index contributed by atoms with van der Waals surface area (Å²) in [7, 11) is -0.660. The minimum Gasteiger partial charge on any atom is -0.546 e. The van der Waals surface area contributed by atoms with E-state index in [4.69, 9.17) is 9.16 Å². The van der Waals surface area contributed by atoms with Crippen LogP contribution in [0.25, 0.3) is 0 Å². The predicted octanol–water partition coefficient (Wildman–Crippen LogP) is 5.60. The number of benzene rings is 1. The van der Waals surface area contributed by atoms with Crippen molar-refractivity contribution in [1.82, 2.24) is 0 Å². The van der Waals surface area contributed by atoms with Gasteiger partial charge in [-0.15, -0.1) is 0 Å². The Hall–Kier alpha value is -1.81. The molecular weight excluding hydrogens is 340 g/mol. The van der Waals surface area contributed by atoms with Gasteiger partial charge in [0.05, 0.1) is 18.9 Å². The normalized spacial score (nSPS) is 18.9. The number of carbonyl (C=O) groups excluding carboxylic acids is 1. The molecule has 0 N–H and O–H groups in total. The van der Waals surface area contributed by atoms with Gasteiger partial charge in [0.25, 0.3) is 0 Å². The molecule has 0 bridgehead atoms. The third-order valence-electron chi connectivity index (χ3n) is 5.72. The molecule has 26 heavy (non-hydrogen) atoms. The summed E-state index contributed by atoms with van der Waals surface area (Å²) in [5.41, 5.74) is 2.66. The molecule has 0 heterocycles. The van der Waals surface area contributed by atoms with Crippen molar-refractivity contribution in [3.05, 3.63) is 59.4 Å². The van der Waals surface area contributed by atoms with Crippen molar-refractivity contribution in [3.63, 3.8) is 0 Å². The fourth-order valence-electron chi connectivity index (χ4n) is 2.98. The minimum absolute atomic E-state index is 0.0564. The first-order valence-corrected chi connectivity index (χ1v) is 12.2. The summed E-state index contributed by atoms with van der Waals surface area (Å²) >= 11 is 0. The second-order valence-electron chi connectivity index (χ2n) is 8.58. The molecule has 0 saturated heterocycles. The fourth-order valence-corrected chi connectivity index (χ4v) is 4.12. The maximum Gasteiger partial charge on any atom is 0.333 e. The molecule has 0 fully saturated rings. The Bertz CT molecular complexity index is 710. The number of methoxy groups -OCH3 is 1. The molecule has 2 rings (SSSR count). The summed E-state index contributed by atoms with van der Waals surface area (Å²) in [4.78, 5) is 12.0. The number of hydrogen-bond donors (Lipinski definition) is 0. The van der Waals surface area contributed by atoms with Crippen molar-refractivity contribution in [2.24, 2.45) is 5.92 Å². The van der Waals surface area contributed by atoms with Gasteiger partial charge in [-0.3, -0.25) is 0 Å². The molecule has 0 aromatic heterocycles. The Balaban J connectivity index is 2.40. The quantitative estimate of drug-likeness (QED) is 0.222. The van der Waals surface area contributed by atoms with Gasteiger partial charge in [0.1, 0.15) is 0 Å². The van der Waals surface area contributed by atoms with Gasteiger partial charge < -0.3 is 9.16 Å². The number of esters is 1. The molecule has 142 valence electrons. The summed E-state index contributed by atoms with van der Waals surface area (Å²) in [5.74, 6) is 0.620. The van der Waals surface area contributed by atoms with Crippen molar-refractivity contribution < 1.29 is 14.0 Å². The number of fused-ring (bicyclic) bond motifs is 1. The summed E-state index contributed by atoms with van der Waals surface area (Å²) in [6.45, 7) is 13.2. The molecular formula is C22H32O3Si. The van der Waals surface area contributed by atoms with Gasteiger partial charge in [0, 0.05) is 11.8 Å². The van der Waals surface area contributed by atoms with Gasteiger partial charge in [-0.1, -0.05) is 64.1 Å². The highest BCUT2D eigenvalue weighted by Gasteiger charge is 2.41. The summed E-state index contributed by atoms with van der Waals surface area (Å²) in [6, 6.07) is 8.52. The first-order valence-electron chi connectivity index (χ1n) is 9.30. The smallest absolute Gasteiger partial charge is 0.333 e. The lowest BCUT2D eigenvalue weighted by Crippen LogP contribution is -2.41. The third-order valence-corrected chi connectivity index (χ3v) is 10.1. The van der Waals surface area contributed by atoms with E-state index in [9.17, 15) is 4.79 Å². The second kappa shape index (κ2) is 7.83. The van der Waals surface area contributed by atoms with E-state index < -0.39 is 8.32 Å². The molecule has 4 heteroatoms. The van der Waals surface area contributed by atoms with Gasteiger partial charge in [-0.05, 0) is 35.7 Å². The van der Waals surface area contributed by atoms with E-state index >= 15 is 0 Å². The molecule has 3 nitrogen and oxygen atoms in total. The topological polar surface area (TPSA) is 35.5 Å². The van der Waals surface area contributed by atoms with Gasteiger partial charge in [-0.2, -0.15) is 0 Å². The van der Waals surface area contributed by atoms with Crippen LogP contribution in [0.2, 0.25) is 18.1 Å². The van der Waals surface area contributed by atoms with Crippen LogP contribution in [0.3, 0.4) is 0 Å². The zero-order valence-corrected chi connectivity index (χ0v) is 18.1. The molecule has 2 atom stereocenters. The van der Waals surface area contributed by atoms with Crippen LogP contribution in [0.5, 0.6) is 0 Å². The van der Waals surface area contributed by atoms with E-state index in [1.165, 1.54) is 24.3 Å². The number of carbonyl (C=O) groups is 1. The zero-order valence-electron chi connectivity index (χ0n) is 17.1. The van der Waals surface area contributed by atoms with Gasteiger partial charge in [0.15, 0.2) is 0 Å². The van der Waals surface area contributed by atoms with E-state index in [1.807, 2.05) is 0 Å². The highest BCUT2D eigenvalue weighted by molar-refractivity contribution is 6.74. The van der Waals surface area contributed by atoms with E-state index in [0.29, 0.717) is 0 Å². The molecule has 1 aliphatic rings. The Morgan fingerprint density at radius 1 is 1.27 bits per heavy atom. The van der Waals surface area contributed by atoms with E-state index in [-0.39, 0.29) is 22.8 Å². The van der Waals surface area contributed by atoms with Crippen LogP contribution in [0, 0.1) is 5.92 Å². The molecule has 0 saturated carbocycles. The van der Waals surface area contributed by atoms with Gasteiger partial charge in [-0.25, -0.2) is 4.79 Å². The summed E-state index contributed by atoms with van der Waals surface area (Å²) < 4.78 is 11.5. The number of allylic oxidation sites excluding steroid dienone is 3. The van der Waals surface area contributed by atoms with E-state index in [0.717, 1.165) is 12.2 Å². The second-order valence-corrected chi connectivity index (χ2v) is 13.3. The molecule has 0 spiro atoms. The predicted molar refractivity (Wildman–Crippen MR) is 110 cm³/mol. The average molecular weight is 373 g/mol. The standard InChI is InChI=1S/C22H32O3Si/c1-16(18-14-10-12-17-11-8-9-13-19(17)18)20(15-21(23)24-5)25-26(6,7)22(2,3)4/h8-11,13-16,18H,12H2,1-7H3/b20-15-/t16-,18-/m0/s1. The maximum atomic E-state index is 12.0. The number of ether oxygens (including phenoxy) is 1. The molecule has 1 aliphatic carbocycles. The lowest BCUT2D eigenvalue weighted by atomic mass is 9.79. The van der Waals surface area contributed by atoms with Crippen LogP contribution < -0.4 is 0 Å². The highest BCUT2D eigenvalue weighted by atomic mass is 28.4. The fraction of sp³-hybridized carbons (Fsp3) is 0.500. The lowest BCUT2D eigenvalue weighted by molar-refractivity contribution is -0.135. The maximum absolute atomic E-state index is 12.0. The number of rotatable bonds is 5. The third kappa shape index (κ3) is 4.47. The largest absolute Gasteiger partial charge is 0.546 e.